The van der Waals surface area contributed by atoms with Crippen LogP contribution in [0.2, 0.25) is 0 Å². The zero-order chi connectivity index (χ0) is 18.5. The van der Waals surface area contributed by atoms with Crippen molar-refractivity contribution in [2.75, 3.05) is 20.8 Å². The monoisotopic (exact) mass is 355 g/mol. The van der Waals surface area contributed by atoms with E-state index in [2.05, 4.69) is 0 Å². The van der Waals surface area contributed by atoms with Crippen molar-refractivity contribution in [2.45, 2.75) is 18.9 Å². The molecule has 1 atom stereocenters. The lowest BCUT2D eigenvalue weighted by molar-refractivity contribution is -0.126. The van der Waals surface area contributed by atoms with E-state index in [1.54, 1.807) is 20.3 Å². The molecule has 1 fully saturated rings. The average molecular weight is 355 g/mol. The third kappa shape index (κ3) is 3.79. The lowest BCUT2D eigenvalue weighted by Gasteiger charge is -2.16. The van der Waals surface area contributed by atoms with Crippen molar-refractivity contribution in [3.63, 3.8) is 0 Å². The smallest absolute Gasteiger partial charge is 0.416 e. The molecule has 6 nitrogen and oxygen atoms in total. The van der Waals surface area contributed by atoms with Crippen LogP contribution in [0.25, 0.3) is 0 Å². The van der Waals surface area contributed by atoms with E-state index in [1.807, 2.05) is 42.5 Å². The van der Waals surface area contributed by atoms with Gasteiger partial charge in [-0.1, -0.05) is 36.4 Å². The predicted octanol–water partition coefficient (Wildman–Crippen LogP) is 3.36. The summed E-state index contributed by atoms with van der Waals surface area (Å²) in [5.41, 5.74) is 1.80. The van der Waals surface area contributed by atoms with Gasteiger partial charge in [0, 0.05) is 18.9 Å². The Morgan fingerprint density at radius 1 is 1.08 bits per heavy atom. The first-order chi connectivity index (χ1) is 12.6. The van der Waals surface area contributed by atoms with Gasteiger partial charge in [0.25, 0.3) is 0 Å². The van der Waals surface area contributed by atoms with Crippen LogP contribution in [0.5, 0.6) is 11.5 Å². The molecule has 0 aromatic heterocycles. The van der Waals surface area contributed by atoms with Gasteiger partial charge in [0.1, 0.15) is 6.61 Å². The summed E-state index contributed by atoms with van der Waals surface area (Å²) in [7, 11) is 3.13. The highest BCUT2D eigenvalue weighted by Gasteiger charge is 2.36. The van der Waals surface area contributed by atoms with Crippen molar-refractivity contribution in [3.05, 3.63) is 59.7 Å². The molecule has 1 heterocycles. The first kappa shape index (κ1) is 17.8. The number of ether oxygens (including phenoxy) is 3. The number of likely N-dealkylation sites (tertiary alicyclic amines) is 1. The molecule has 0 saturated carbocycles. The van der Waals surface area contributed by atoms with E-state index in [0.717, 1.165) is 11.1 Å². The third-order valence-electron chi connectivity index (χ3n) is 4.43. The van der Waals surface area contributed by atoms with Crippen LogP contribution in [0.1, 0.15) is 23.5 Å². The van der Waals surface area contributed by atoms with Gasteiger partial charge in [-0.15, -0.1) is 0 Å². The molecular formula is C20H21NO5. The van der Waals surface area contributed by atoms with Crippen LogP contribution < -0.4 is 9.47 Å². The Morgan fingerprint density at radius 3 is 2.50 bits per heavy atom. The normalized spacial score (nSPS) is 16.5. The first-order valence-corrected chi connectivity index (χ1v) is 8.35. The molecule has 2 aromatic rings. The highest BCUT2D eigenvalue weighted by molar-refractivity contribution is 5.94. The van der Waals surface area contributed by atoms with E-state index in [0.29, 0.717) is 18.0 Å². The fourth-order valence-corrected chi connectivity index (χ4v) is 3.01. The summed E-state index contributed by atoms with van der Waals surface area (Å²) in [6.45, 7) is 0.437. The molecule has 0 aliphatic carbocycles. The minimum Gasteiger partial charge on any atom is -0.493 e. The molecule has 3 rings (SSSR count). The average Bonchev–Trinajstić information content (AvgIpc) is 3.08. The van der Waals surface area contributed by atoms with Gasteiger partial charge in [-0.05, 0) is 23.3 Å². The number of carbonyl (C=O) groups is 2. The van der Waals surface area contributed by atoms with Crippen molar-refractivity contribution in [2.24, 2.45) is 0 Å². The molecule has 1 saturated heterocycles. The number of carbonyl (C=O) groups excluding carboxylic acids is 2. The third-order valence-corrected chi connectivity index (χ3v) is 4.43. The lowest BCUT2D eigenvalue weighted by atomic mass is 9.98. The maximum absolute atomic E-state index is 12.3. The Hall–Kier alpha value is -3.02. The number of hydrogen-bond acceptors (Lipinski definition) is 5. The molecule has 136 valence electrons. The van der Waals surface area contributed by atoms with Gasteiger partial charge in [-0.2, -0.15) is 0 Å². The fourth-order valence-electron chi connectivity index (χ4n) is 3.01. The summed E-state index contributed by atoms with van der Waals surface area (Å²) >= 11 is 0. The Balaban J connectivity index is 1.65. The minimum absolute atomic E-state index is 0.0911. The number of imide groups is 1. The maximum Gasteiger partial charge on any atom is 0.416 e. The van der Waals surface area contributed by atoms with E-state index in [1.165, 1.54) is 4.90 Å². The van der Waals surface area contributed by atoms with Crippen molar-refractivity contribution < 1.29 is 23.8 Å². The Bertz CT molecular complexity index is 790. The second-order valence-corrected chi connectivity index (χ2v) is 6.06. The van der Waals surface area contributed by atoms with Gasteiger partial charge in [0.15, 0.2) is 11.5 Å². The highest BCUT2D eigenvalue weighted by atomic mass is 16.6. The van der Waals surface area contributed by atoms with E-state index < -0.39 is 6.09 Å². The molecule has 0 radical (unpaired) electrons. The Kier molecular flexibility index (Phi) is 5.41. The summed E-state index contributed by atoms with van der Waals surface area (Å²) in [6.07, 6.45) is -0.350. The van der Waals surface area contributed by atoms with E-state index in [-0.39, 0.29) is 24.9 Å². The lowest BCUT2D eigenvalue weighted by Crippen LogP contribution is -2.32. The summed E-state index contributed by atoms with van der Waals surface area (Å²) in [5.74, 6) is 0.900. The quantitative estimate of drug-likeness (QED) is 0.823. The van der Waals surface area contributed by atoms with Crippen molar-refractivity contribution in [3.8, 4) is 11.5 Å². The second kappa shape index (κ2) is 7.91. The van der Waals surface area contributed by atoms with Crippen LogP contribution in [-0.2, 0) is 16.1 Å². The summed E-state index contributed by atoms with van der Waals surface area (Å²) in [5, 5.41) is 0. The largest absolute Gasteiger partial charge is 0.493 e. The zero-order valence-electron chi connectivity index (χ0n) is 14.8. The SMILES string of the molecule is COc1ccc(C2CC(=O)N(C(=O)OCc3ccccc3)C2)cc1OC. The van der Waals surface area contributed by atoms with E-state index >= 15 is 0 Å². The predicted molar refractivity (Wildman–Crippen MR) is 95.2 cm³/mol. The highest BCUT2D eigenvalue weighted by Crippen LogP contribution is 2.35. The molecule has 26 heavy (non-hydrogen) atoms. The maximum atomic E-state index is 12.3. The molecule has 6 heteroatoms. The molecule has 2 amide bonds. The minimum atomic E-state index is -0.609. The molecule has 0 spiro atoms. The van der Waals surface area contributed by atoms with Crippen molar-refractivity contribution in [1.82, 2.24) is 4.90 Å². The van der Waals surface area contributed by atoms with Crippen molar-refractivity contribution >= 4 is 12.0 Å². The van der Waals surface area contributed by atoms with Gasteiger partial charge in [-0.25, -0.2) is 9.69 Å². The number of amides is 2. The topological polar surface area (TPSA) is 65.1 Å². The van der Waals surface area contributed by atoms with Gasteiger partial charge in [-0.3, -0.25) is 4.79 Å². The standard InChI is InChI=1S/C20H21NO5/c1-24-17-9-8-15(10-18(17)25-2)16-11-19(22)21(12-16)20(23)26-13-14-6-4-3-5-7-14/h3-10,16H,11-13H2,1-2H3. The number of methoxy groups -OCH3 is 2. The van der Waals surface area contributed by atoms with E-state index in [9.17, 15) is 9.59 Å². The molecule has 1 aliphatic heterocycles. The molecular weight excluding hydrogens is 334 g/mol. The number of rotatable bonds is 5. The van der Waals surface area contributed by atoms with Crippen LogP contribution >= 0.6 is 0 Å². The van der Waals surface area contributed by atoms with Crippen LogP contribution in [0.3, 0.4) is 0 Å². The molecule has 1 unspecified atom stereocenters. The second-order valence-electron chi connectivity index (χ2n) is 6.06. The summed E-state index contributed by atoms with van der Waals surface area (Å²) in [4.78, 5) is 25.7. The van der Waals surface area contributed by atoms with Gasteiger partial charge >= 0.3 is 6.09 Å². The summed E-state index contributed by atoms with van der Waals surface area (Å²) in [6, 6.07) is 14.9. The van der Waals surface area contributed by atoms with Crippen molar-refractivity contribution in [1.29, 1.82) is 0 Å². The van der Waals surface area contributed by atoms with Gasteiger partial charge < -0.3 is 14.2 Å². The number of benzene rings is 2. The summed E-state index contributed by atoms with van der Waals surface area (Å²) < 4.78 is 15.8. The van der Waals surface area contributed by atoms with Gasteiger partial charge in [0.05, 0.1) is 14.2 Å². The molecule has 1 aliphatic rings. The Labute approximate surface area is 152 Å². The molecule has 2 aromatic carbocycles. The van der Waals surface area contributed by atoms with Crippen LogP contribution in [0.15, 0.2) is 48.5 Å². The molecule has 0 N–H and O–H groups in total. The number of hydrogen-bond donors (Lipinski definition) is 0. The number of nitrogens with zero attached hydrogens (tertiary/aromatic N) is 1. The van der Waals surface area contributed by atoms with E-state index in [4.69, 9.17) is 14.2 Å². The Morgan fingerprint density at radius 2 is 1.81 bits per heavy atom. The molecule has 0 bridgehead atoms. The fraction of sp³-hybridized carbons (Fsp3) is 0.300. The van der Waals surface area contributed by atoms with Crippen LogP contribution in [0, 0.1) is 0 Å². The van der Waals surface area contributed by atoms with Crippen LogP contribution in [0.4, 0.5) is 4.79 Å². The van der Waals surface area contributed by atoms with Crippen LogP contribution in [-0.4, -0.2) is 37.7 Å². The van der Waals surface area contributed by atoms with Gasteiger partial charge in [0.2, 0.25) is 5.91 Å². The zero-order valence-corrected chi connectivity index (χ0v) is 14.8. The first-order valence-electron chi connectivity index (χ1n) is 8.35.